The van der Waals surface area contributed by atoms with Crippen LogP contribution in [0.25, 0.3) is 0 Å². The minimum absolute atomic E-state index is 0.00802. The number of benzene rings is 1. The summed E-state index contributed by atoms with van der Waals surface area (Å²) in [5.74, 6) is -0.275. The van der Waals surface area contributed by atoms with Crippen LogP contribution in [0.15, 0.2) is 51.6 Å². The van der Waals surface area contributed by atoms with Gasteiger partial charge in [0.1, 0.15) is 11.3 Å². The van der Waals surface area contributed by atoms with Crippen LogP contribution in [0.2, 0.25) is 0 Å². The number of aromatic hydroxyl groups is 1. The predicted octanol–water partition coefficient (Wildman–Crippen LogP) is 1.13. The van der Waals surface area contributed by atoms with E-state index in [0.717, 1.165) is 4.57 Å². The van der Waals surface area contributed by atoms with Crippen molar-refractivity contribution >= 4 is 11.6 Å². The standard InChI is InChI=1S/C19H20N4O5/c1-4-9-22-18(26)16(17(25)20-19(22)27)13-10-14(23(21-13)11(2)24)12-7-5-6-8-15(12)28-3/h4-8,14,26H,1,9-10H2,2-3H3,(H,20,25,27)/t14-/m1/s1. The predicted molar refractivity (Wildman–Crippen MR) is 103 cm³/mol. The molecule has 0 saturated carbocycles. The minimum atomic E-state index is -0.772. The summed E-state index contributed by atoms with van der Waals surface area (Å²) >= 11 is 0. The molecule has 28 heavy (non-hydrogen) atoms. The number of methoxy groups -OCH3 is 1. The molecule has 0 bridgehead atoms. The van der Waals surface area contributed by atoms with Crippen LogP contribution in [0.4, 0.5) is 0 Å². The van der Waals surface area contributed by atoms with Gasteiger partial charge in [0, 0.05) is 25.5 Å². The van der Waals surface area contributed by atoms with Gasteiger partial charge in [0.25, 0.3) is 5.56 Å². The fourth-order valence-electron chi connectivity index (χ4n) is 3.25. The molecule has 1 aromatic carbocycles. The first kappa shape index (κ1) is 19.2. The Bertz CT molecular complexity index is 1080. The Morgan fingerprint density at radius 3 is 2.79 bits per heavy atom. The molecule has 0 unspecified atom stereocenters. The summed E-state index contributed by atoms with van der Waals surface area (Å²) in [6.07, 6.45) is 1.59. The van der Waals surface area contributed by atoms with E-state index in [2.05, 4.69) is 16.7 Å². The average molecular weight is 384 g/mol. The van der Waals surface area contributed by atoms with E-state index in [1.165, 1.54) is 25.1 Å². The van der Waals surface area contributed by atoms with Crippen molar-refractivity contribution in [3.8, 4) is 11.6 Å². The van der Waals surface area contributed by atoms with E-state index in [4.69, 9.17) is 4.74 Å². The van der Waals surface area contributed by atoms with Crippen LogP contribution in [0.5, 0.6) is 11.6 Å². The summed E-state index contributed by atoms with van der Waals surface area (Å²) in [4.78, 5) is 38.6. The molecule has 1 atom stereocenters. The fraction of sp³-hybridized carbons (Fsp3) is 0.263. The quantitative estimate of drug-likeness (QED) is 0.750. The Morgan fingerprint density at radius 2 is 2.14 bits per heavy atom. The zero-order valence-electron chi connectivity index (χ0n) is 15.5. The largest absolute Gasteiger partial charge is 0.496 e. The maximum Gasteiger partial charge on any atom is 0.331 e. The number of hydrazone groups is 1. The van der Waals surface area contributed by atoms with Gasteiger partial charge in [-0.3, -0.25) is 19.1 Å². The molecule has 146 valence electrons. The number of carbonyl (C=O) groups excluding carboxylic acids is 1. The summed E-state index contributed by atoms with van der Waals surface area (Å²) in [5.41, 5.74) is -0.762. The number of carbonyl (C=O) groups is 1. The van der Waals surface area contributed by atoms with Crippen molar-refractivity contribution in [3.63, 3.8) is 0 Å². The van der Waals surface area contributed by atoms with Crippen LogP contribution >= 0.6 is 0 Å². The molecule has 0 spiro atoms. The Labute approximate surface area is 160 Å². The lowest BCUT2D eigenvalue weighted by Crippen LogP contribution is -2.33. The van der Waals surface area contributed by atoms with E-state index in [-0.39, 0.29) is 30.1 Å². The molecule has 2 aromatic rings. The third-order valence-corrected chi connectivity index (χ3v) is 4.50. The third-order valence-electron chi connectivity index (χ3n) is 4.50. The number of aromatic amines is 1. The number of ether oxygens (including phenoxy) is 1. The van der Waals surface area contributed by atoms with Gasteiger partial charge in [-0.25, -0.2) is 9.80 Å². The number of para-hydroxylation sites is 1. The highest BCUT2D eigenvalue weighted by atomic mass is 16.5. The number of nitrogens with zero attached hydrogens (tertiary/aromatic N) is 3. The molecule has 2 heterocycles. The molecule has 0 aliphatic carbocycles. The molecule has 1 aromatic heterocycles. The number of aromatic nitrogens is 2. The number of amides is 1. The SMILES string of the molecule is C=CCn1c(O)c(C2=NN(C(C)=O)[C@@H](c3ccccc3OC)C2)c(=O)[nH]c1=O. The maximum absolute atomic E-state index is 12.4. The molecule has 0 radical (unpaired) electrons. The van der Waals surface area contributed by atoms with Gasteiger partial charge in [-0.05, 0) is 6.07 Å². The van der Waals surface area contributed by atoms with Crippen LogP contribution in [0, 0.1) is 0 Å². The van der Waals surface area contributed by atoms with E-state index in [9.17, 15) is 19.5 Å². The second kappa shape index (κ2) is 7.55. The van der Waals surface area contributed by atoms with Gasteiger partial charge in [0.15, 0.2) is 0 Å². The highest BCUT2D eigenvalue weighted by Crippen LogP contribution is 2.37. The topological polar surface area (TPSA) is 117 Å². The summed E-state index contributed by atoms with van der Waals surface area (Å²) in [5, 5.41) is 16.0. The molecule has 1 aliphatic rings. The van der Waals surface area contributed by atoms with Crippen molar-refractivity contribution in [1.82, 2.24) is 14.6 Å². The van der Waals surface area contributed by atoms with Crippen LogP contribution in [-0.2, 0) is 11.3 Å². The highest BCUT2D eigenvalue weighted by Gasteiger charge is 2.35. The molecule has 1 amide bonds. The van der Waals surface area contributed by atoms with Crippen molar-refractivity contribution in [1.29, 1.82) is 0 Å². The first-order chi connectivity index (χ1) is 13.4. The normalized spacial score (nSPS) is 16.0. The Hall–Kier alpha value is -3.62. The average Bonchev–Trinajstić information content (AvgIpc) is 3.10. The fourth-order valence-corrected chi connectivity index (χ4v) is 3.25. The Kier molecular flexibility index (Phi) is 5.16. The summed E-state index contributed by atoms with van der Waals surface area (Å²) in [6, 6.07) is 6.67. The van der Waals surface area contributed by atoms with Gasteiger partial charge < -0.3 is 9.84 Å². The lowest BCUT2D eigenvalue weighted by atomic mass is 9.98. The molecule has 1 aliphatic heterocycles. The van der Waals surface area contributed by atoms with Gasteiger partial charge in [-0.2, -0.15) is 5.10 Å². The lowest BCUT2D eigenvalue weighted by Gasteiger charge is -2.22. The van der Waals surface area contributed by atoms with Crippen LogP contribution < -0.4 is 16.0 Å². The van der Waals surface area contributed by atoms with Gasteiger partial charge in [0.05, 0.1) is 18.9 Å². The molecule has 9 nitrogen and oxygen atoms in total. The van der Waals surface area contributed by atoms with E-state index in [1.54, 1.807) is 18.2 Å². The molecule has 3 rings (SSSR count). The van der Waals surface area contributed by atoms with Crippen molar-refractivity contribution < 1.29 is 14.6 Å². The maximum atomic E-state index is 12.4. The second-order valence-corrected chi connectivity index (χ2v) is 6.23. The first-order valence-corrected chi connectivity index (χ1v) is 8.56. The van der Waals surface area contributed by atoms with Gasteiger partial charge in [0.2, 0.25) is 11.8 Å². The zero-order valence-corrected chi connectivity index (χ0v) is 15.5. The summed E-state index contributed by atoms with van der Waals surface area (Å²) in [7, 11) is 1.52. The number of hydrogen-bond acceptors (Lipinski definition) is 6. The molecular formula is C19H20N4O5. The van der Waals surface area contributed by atoms with Crippen molar-refractivity contribution in [2.75, 3.05) is 7.11 Å². The van der Waals surface area contributed by atoms with Crippen LogP contribution in [-0.4, -0.2) is 38.4 Å². The number of hydrogen-bond donors (Lipinski definition) is 2. The van der Waals surface area contributed by atoms with E-state index in [0.29, 0.717) is 11.3 Å². The molecule has 2 N–H and O–H groups in total. The van der Waals surface area contributed by atoms with E-state index < -0.39 is 23.2 Å². The molecule has 0 saturated heterocycles. The monoisotopic (exact) mass is 384 g/mol. The van der Waals surface area contributed by atoms with Gasteiger partial charge in [-0.15, -0.1) is 6.58 Å². The highest BCUT2D eigenvalue weighted by molar-refractivity contribution is 6.04. The second-order valence-electron chi connectivity index (χ2n) is 6.23. The van der Waals surface area contributed by atoms with Crippen molar-refractivity contribution in [2.24, 2.45) is 5.10 Å². The van der Waals surface area contributed by atoms with E-state index >= 15 is 0 Å². The summed E-state index contributed by atoms with van der Waals surface area (Å²) < 4.78 is 6.35. The van der Waals surface area contributed by atoms with Crippen molar-refractivity contribution in [2.45, 2.75) is 25.9 Å². The van der Waals surface area contributed by atoms with Gasteiger partial charge in [-0.1, -0.05) is 24.3 Å². The first-order valence-electron chi connectivity index (χ1n) is 8.56. The van der Waals surface area contributed by atoms with E-state index in [1.807, 2.05) is 6.07 Å². The number of allylic oxidation sites excluding steroid dienone is 1. The summed E-state index contributed by atoms with van der Waals surface area (Å²) in [6.45, 7) is 4.90. The Morgan fingerprint density at radius 1 is 1.43 bits per heavy atom. The molecule has 0 fully saturated rings. The third kappa shape index (κ3) is 3.22. The van der Waals surface area contributed by atoms with Crippen LogP contribution in [0.3, 0.4) is 0 Å². The molecular weight excluding hydrogens is 364 g/mol. The van der Waals surface area contributed by atoms with Crippen molar-refractivity contribution in [3.05, 3.63) is 68.9 Å². The van der Waals surface area contributed by atoms with Crippen LogP contribution in [0.1, 0.15) is 30.5 Å². The smallest absolute Gasteiger partial charge is 0.331 e. The number of rotatable bonds is 5. The molecule has 9 heteroatoms. The Balaban J connectivity index is 2.13. The lowest BCUT2D eigenvalue weighted by molar-refractivity contribution is -0.130. The minimum Gasteiger partial charge on any atom is -0.496 e. The van der Waals surface area contributed by atoms with Gasteiger partial charge >= 0.3 is 5.69 Å². The zero-order chi connectivity index (χ0) is 20.4. The number of H-pyrrole nitrogens is 1. The number of nitrogens with one attached hydrogen (secondary N) is 1.